The van der Waals surface area contributed by atoms with Gasteiger partial charge in [0.2, 0.25) is 0 Å². The second-order valence-electron chi connectivity index (χ2n) is 8.12. The largest absolute Gasteiger partial charge is 0.496 e. The van der Waals surface area contributed by atoms with Gasteiger partial charge in [0.05, 0.1) is 13.2 Å². The number of amides is 1. The maximum atomic E-state index is 13.0. The maximum absolute atomic E-state index is 13.0. The van der Waals surface area contributed by atoms with E-state index in [4.69, 9.17) is 9.47 Å². The number of nitrogens with one attached hydrogen (secondary N) is 1. The van der Waals surface area contributed by atoms with Crippen LogP contribution in [0, 0.1) is 20.8 Å². The van der Waals surface area contributed by atoms with E-state index in [1.165, 1.54) is 0 Å². The lowest BCUT2D eigenvalue weighted by Crippen LogP contribution is -2.39. The molecule has 2 rings (SSSR count). The summed E-state index contributed by atoms with van der Waals surface area (Å²) in [5, 5.41) is 3.14. The fourth-order valence-corrected chi connectivity index (χ4v) is 3.50. The van der Waals surface area contributed by atoms with E-state index in [-0.39, 0.29) is 11.9 Å². The number of ether oxygens (including phenoxy) is 2. The summed E-state index contributed by atoms with van der Waals surface area (Å²) < 4.78 is 11.6. The summed E-state index contributed by atoms with van der Waals surface area (Å²) in [5.74, 6) is 1.90. The van der Waals surface area contributed by atoms with Crippen LogP contribution in [0.4, 0.5) is 0 Å². The van der Waals surface area contributed by atoms with Crippen LogP contribution in [-0.2, 0) is 4.79 Å². The van der Waals surface area contributed by atoms with Crippen molar-refractivity contribution in [2.45, 2.75) is 73.0 Å². The number of rotatable bonds is 8. The van der Waals surface area contributed by atoms with Gasteiger partial charge in [-0.1, -0.05) is 32.9 Å². The lowest BCUT2D eigenvalue weighted by molar-refractivity contribution is -0.128. The number of carbonyl (C=O) groups is 1. The van der Waals surface area contributed by atoms with E-state index in [2.05, 4.69) is 38.2 Å². The third kappa shape index (κ3) is 5.53. The van der Waals surface area contributed by atoms with E-state index in [1.54, 1.807) is 7.11 Å². The van der Waals surface area contributed by atoms with Crippen molar-refractivity contribution in [1.29, 1.82) is 0 Å². The predicted molar refractivity (Wildman–Crippen MR) is 119 cm³/mol. The molecule has 2 atom stereocenters. The Morgan fingerprint density at radius 2 is 1.66 bits per heavy atom. The minimum atomic E-state index is -0.527. The SMILES string of the molecule is CC[C@H](Oc1cc(C)ccc1C)C(=O)N[C@H](C)c1cc(C(C)C)c(OC)cc1C. The normalized spacial score (nSPS) is 13.1. The zero-order chi connectivity index (χ0) is 21.7. The van der Waals surface area contributed by atoms with Crippen molar-refractivity contribution in [1.82, 2.24) is 5.32 Å². The Morgan fingerprint density at radius 1 is 0.966 bits per heavy atom. The van der Waals surface area contributed by atoms with E-state index >= 15 is 0 Å². The molecule has 0 radical (unpaired) electrons. The fourth-order valence-electron chi connectivity index (χ4n) is 3.50. The predicted octanol–water partition coefficient (Wildman–Crippen LogP) is 5.78. The monoisotopic (exact) mass is 397 g/mol. The van der Waals surface area contributed by atoms with Gasteiger partial charge in [-0.25, -0.2) is 0 Å². The second kappa shape index (κ2) is 9.82. The lowest BCUT2D eigenvalue weighted by Gasteiger charge is -2.24. The van der Waals surface area contributed by atoms with Crippen LogP contribution in [0.2, 0.25) is 0 Å². The van der Waals surface area contributed by atoms with Crippen molar-refractivity contribution in [3.63, 3.8) is 0 Å². The Kier molecular flexibility index (Phi) is 7.72. The van der Waals surface area contributed by atoms with Crippen molar-refractivity contribution in [2.75, 3.05) is 7.11 Å². The average molecular weight is 398 g/mol. The molecule has 1 N–H and O–H groups in total. The highest BCUT2D eigenvalue weighted by molar-refractivity contribution is 5.81. The molecule has 0 heterocycles. The molecule has 0 fully saturated rings. The van der Waals surface area contributed by atoms with E-state index < -0.39 is 6.10 Å². The van der Waals surface area contributed by atoms with Crippen LogP contribution >= 0.6 is 0 Å². The molecule has 0 saturated heterocycles. The van der Waals surface area contributed by atoms with Gasteiger partial charge in [-0.2, -0.15) is 0 Å². The number of carbonyl (C=O) groups excluding carboxylic acids is 1. The fraction of sp³-hybridized carbons (Fsp3) is 0.480. The molecule has 158 valence electrons. The zero-order valence-corrected chi connectivity index (χ0v) is 19.1. The summed E-state index contributed by atoms with van der Waals surface area (Å²) in [4.78, 5) is 13.0. The Hall–Kier alpha value is -2.49. The van der Waals surface area contributed by atoms with Crippen molar-refractivity contribution >= 4 is 5.91 Å². The van der Waals surface area contributed by atoms with Crippen LogP contribution in [0.1, 0.15) is 73.9 Å². The zero-order valence-electron chi connectivity index (χ0n) is 19.1. The molecule has 2 aromatic rings. The molecule has 1 amide bonds. The van der Waals surface area contributed by atoms with Gasteiger partial charge < -0.3 is 14.8 Å². The standard InChI is InChI=1S/C25H35NO3/c1-9-22(29-23-12-16(4)10-11-17(23)5)25(27)26-19(7)21-14-20(15(2)3)24(28-8)13-18(21)6/h10-15,19,22H,9H2,1-8H3,(H,26,27)/t19-,22+/m1/s1. The van der Waals surface area contributed by atoms with Gasteiger partial charge in [-0.15, -0.1) is 0 Å². The van der Waals surface area contributed by atoms with Crippen molar-refractivity contribution in [3.05, 3.63) is 58.1 Å². The van der Waals surface area contributed by atoms with Gasteiger partial charge >= 0.3 is 0 Å². The van der Waals surface area contributed by atoms with E-state index in [9.17, 15) is 4.79 Å². The van der Waals surface area contributed by atoms with Crippen LogP contribution in [0.3, 0.4) is 0 Å². The van der Waals surface area contributed by atoms with E-state index in [0.717, 1.165) is 39.3 Å². The molecule has 2 aromatic carbocycles. The Morgan fingerprint density at radius 3 is 2.24 bits per heavy atom. The molecule has 4 heteroatoms. The van der Waals surface area contributed by atoms with Crippen LogP contribution < -0.4 is 14.8 Å². The van der Waals surface area contributed by atoms with Crippen molar-refractivity contribution in [2.24, 2.45) is 0 Å². The molecule has 0 aliphatic rings. The number of hydrogen-bond acceptors (Lipinski definition) is 3. The highest BCUT2D eigenvalue weighted by Crippen LogP contribution is 2.32. The highest BCUT2D eigenvalue weighted by atomic mass is 16.5. The molecular weight excluding hydrogens is 362 g/mol. The summed E-state index contributed by atoms with van der Waals surface area (Å²) in [7, 11) is 1.70. The van der Waals surface area contributed by atoms with Gasteiger partial charge in [-0.05, 0) is 86.1 Å². The van der Waals surface area contributed by atoms with E-state index in [0.29, 0.717) is 12.3 Å². The Labute approximate surface area is 175 Å². The van der Waals surface area contributed by atoms with Gasteiger partial charge in [0, 0.05) is 0 Å². The smallest absolute Gasteiger partial charge is 0.261 e. The first-order valence-corrected chi connectivity index (χ1v) is 10.4. The average Bonchev–Trinajstić information content (AvgIpc) is 2.67. The highest BCUT2D eigenvalue weighted by Gasteiger charge is 2.23. The van der Waals surface area contributed by atoms with Crippen LogP contribution in [0.15, 0.2) is 30.3 Å². The van der Waals surface area contributed by atoms with Crippen LogP contribution in [0.25, 0.3) is 0 Å². The first-order valence-electron chi connectivity index (χ1n) is 10.4. The molecule has 0 aromatic heterocycles. The first-order chi connectivity index (χ1) is 13.7. The first kappa shape index (κ1) is 22.8. The van der Waals surface area contributed by atoms with Crippen LogP contribution in [0.5, 0.6) is 11.5 Å². The minimum absolute atomic E-state index is 0.0952. The molecule has 0 aliphatic carbocycles. The van der Waals surface area contributed by atoms with Crippen molar-refractivity contribution < 1.29 is 14.3 Å². The molecule has 0 unspecified atom stereocenters. The summed E-state index contributed by atoms with van der Waals surface area (Å²) >= 11 is 0. The van der Waals surface area contributed by atoms with Crippen LogP contribution in [-0.4, -0.2) is 19.1 Å². The van der Waals surface area contributed by atoms with Gasteiger partial charge in [-0.3, -0.25) is 4.79 Å². The molecule has 0 saturated carbocycles. The number of methoxy groups -OCH3 is 1. The Bertz CT molecular complexity index is 857. The van der Waals surface area contributed by atoms with Gasteiger partial charge in [0.15, 0.2) is 6.10 Å². The number of aryl methyl sites for hydroxylation is 3. The van der Waals surface area contributed by atoms with Gasteiger partial charge in [0.25, 0.3) is 5.91 Å². The number of benzene rings is 2. The van der Waals surface area contributed by atoms with Gasteiger partial charge in [0.1, 0.15) is 11.5 Å². The number of hydrogen-bond donors (Lipinski definition) is 1. The topological polar surface area (TPSA) is 47.6 Å². The summed E-state index contributed by atoms with van der Waals surface area (Å²) in [5.41, 5.74) is 5.49. The Balaban J connectivity index is 2.20. The summed E-state index contributed by atoms with van der Waals surface area (Å²) in [6, 6.07) is 10.1. The molecule has 4 nitrogen and oxygen atoms in total. The minimum Gasteiger partial charge on any atom is -0.496 e. The summed E-state index contributed by atoms with van der Waals surface area (Å²) in [6.45, 7) is 14.3. The summed E-state index contributed by atoms with van der Waals surface area (Å²) in [6.07, 6.45) is 0.0752. The van der Waals surface area contributed by atoms with E-state index in [1.807, 2.05) is 45.9 Å². The molecule has 29 heavy (non-hydrogen) atoms. The lowest BCUT2D eigenvalue weighted by atomic mass is 9.93. The molecule has 0 bridgehead atoms. The molecule has 0 aliphatic heterocycles. The molecule has 0 spiro atoms. The van der Waals surface area contributed by atoms with Crippen molar-refractivity contribution in [3.8, 4) is 11.5 Å². The third-order valence-electron chi connectivity index (χ3n) is 5.34. The maximum Gasteiger partial charge on any atom is 0.261 e. The quantitative estimate of drug-likeness (QED) is 0.614. The second-order valence-corrected chi connectivity index (χ2v) is 8.12. The molecular formula is C25H35NO3. The third-order valence-corrected chi connectivity index (χ3v) is 5.34.